The minimum absolute atomic E-state index is 0. The van der Waals surface area contributed by atoms with Gasteiger partial charge in [0, 0.05) is 18.0 Å². The van der Waals surface area contributed by atoms with E-state index in [4.69, 9.17) is 0 Å². The van der Waals surface area contributed by atoms with Crippen molar-refractivity contribution in [3.8, 4) is 33.8 Å². The number of anilines is 6. The molecule has 60 heavy (non-hydrogen) atoms. The fourth-order valence-corrected chi connectivity index (χ4v) is 8.73. The number of rotatable bonds is 10. The van der Waals surface area contributed by atoms with Gasteiger partial charge < -0.3 is 29.8 Å². The van der Waals surface area contributed by atoms with Crippen LogP contribution in [-0.4, -0.2) is 16.9 Å². The summed E-state index contributed by atoms with van der Waals surface area (Å²) >= 11 is 0. The predicted molar refractivity (Wildman–Crippen MR) is 239 cm³/mol. The first kappa shape index (κ1) is 42.8. The van der Waals surface area contributed by atoms with Gasteiger partial charge in [-0.05, 0) is 117 Å². The van der Waals surface area contributed by atoms with E-state index in [1.807, 2.05) is 46.2 Å². The van der Waals surface area contributed by atoms with Crippen LogP contribution in [0.25, 0.3) is 22.3 Å². The Morgan fingerprint density at radius 3 is 1.13 bits per heavy atom. The number of nitrogens with zero attached hydrogens (tertiary/aromatic N) is 4. The molecule has 0 aromatic heterocycles. The summed E-state index contributed by atoms with van der Waals surface area (Å²) in [5, 5.41) is 22.9. The number of phenols is 2. The number of hydrogen-bond donors (Lipinski definition) is 2. The van der Waals surface area contributed by atoms with Gasteiger partial charge in [-0.3, -0.25) is 0 Å². The number of para-hydroxylation sites is 2. The third kappa shape index (κ3) is 7.53. The summed E-state index contributed by atoms with van der Waals surface area (Å²) in [4.78, 5) is 7.19. The zero-order valence-corrected chi connectivity index (χ0v) is 37.6. The number of fused-ring (bicyclic) bond motifs is 2. The molecule has 6 aromatic carbocycles. The molecule has 2 aliphatic rings. The summed E-state index contributed by atoms with van der Waals surface area (Å²) in [6.45, 7) is 21.1. The van der Waals surface area contributed by atoms with E-state index in [0.29, 0.717) is 34.1 Å². The molecule has 2 N–H and O–H groups in total. The molecule has 0 saturated carbocycles. The van der Waals surface area contributed by atoms with Gasteiger partial charge >= 0.3 is 21.1 Å². The van der Waals surface area contributed by atoms with Crippen LogP contribution in [0.4, 0.5) is 42.9 Å². The normalized spacial score (nSPS) is 13.6. The Morgan fingerprint density at radius 2 is 0.800 bits per heavy atom. The van der Waals surface area contributed by atoms with Crippen LogP contribution in [-0.2, 0) is 21.1 Å². The molecule has 0 fully saturated rings. The van der Waals surface area contributed by atoms with Crippen LogP contribution < -0.4 is 19.6 Å². The van der Waals surface area contributed by atoms with Crippen LogP contribution in [0.5, 0.6) is 11.5 Å². The number of halogens is 2. The summed E-state index contributed by atoms with van der Waals surface area (Å²) < 4.78 is 32.2. The van der Waals surface area contributed by atoms with Crippen LogP contribution in [0.2, 0.25) is 0 Å². The van der Waals surface area contributed by atoms with Crippen LogP contribution >= 0.6 is 0 Å². The summed E-state index contributed by atoms with van der Waals surface area (Å²) in [6.07, 6.45) is 0. The SMILES string of the molecule is CC(C)c1cccc(C(C)C)c1-c1ccc(O)c(N2[CH-]N(CN3[CH-]N(c4cc(-c5c(C(C)C)cccc5C(C)C)ccc4O)c4c(F)cccc43)c3cccc(F)c32)c1.[Pt+2]. The summed E-state index contributed by atoms with van der Waals surface area (Å²) in [7, 11) is 0. The molecule has 0 aliphatic carbocycles. The van der Waals surface area contributed by atoms with Gasteiger partial charge in [0.2, 0.25) is 0 Å². The Bertz CT molecular complexity index is 2330. The number of benzene rings is 6. The molecule has 2 heterocycles. The average Bonchev–Trinajstić information content (AvgIpc) is 3.77. The third-order valence-corrected chi connectivity index (χ3v) is 11.6. The van der Waals surface area contributed by atoms with Crippen LogP contribution in [0.15, 0.2) is 109 Å². The molecule has 0 atom stereocenters. The molecule has 8 rings (SSSR count). The summed E-state index contributed by atoms with van der Waals surface area (Å²) in [5.74, 6) is 0.165. The van der Waals surface area contributed by atoms with Gasteiger partial charge in [0.05, 0.1) is 22.7 Å². The average molecular weight is 986 g/mol. The number of hydrogen-bond acceptors (Lipinski definition) is 6. The third-order valence-electron chi connectivity index (χ3n) is 11.6. The minimum Gasteiger partial charge on any atom is -0.506 e. The van der Waals surface area contributed by atoms with E-state index in [9.17, 15) is 10.2 Å². The Labute approximate surface area is 368 Å². The molecule has 0 amide bonds. The first-order valence-electron chi connectivity index (χ1n) is 20.6. The molecule has 312 valence electrons. The largest absolute Gasteiger partial charge is 2.00 e. The van der Waals surface area contributed by atoms with Crippen molar-refractivity contribution in [1.82, 2.24) is 0 Å². The Balaban J connectivity index is 0.00000544. The van der Waals surface area contributed by atoms with Gasteiger partial charge in [0.15, 0.2) is 0 Å². The predicted octanol–water partition coefficient (Wildman–Crippen LogP) is 14.0. The van der Waals surface area contributed by atoms with Crippen molar-refractivity contribution in [2.24, 2.45) is 0 Å². The minimum atomic E-state index is -0.445. The second-order valence-corrected chi connectivity index (χ2v) is 16.9. The van der Waals surface area contributed by atoms with Crippen molar-refractivity contribution in [2.75, 3.05) is 26.3 Å². The molecule has 9 heteroatoms. The van der Waals surface area contributed by atoms with Crippen molar-refractivity contribution in [2.45, 2.75) is 79.1 Å². The van der Waals surface area contributed by atoms with Crippen molar-refractivity contribution in [3.63, 3.8) is 0 Å². The second-order valence-electron chi connectivity index (χ2n) is 16.9. The van der Waals surface area contributed by atoms with Gasteiger partial charge in [-0.15, -0.1) is 13.3 Å². The van der Waals surface area contributed by atoms with Crippen molar-refractivity contribution in [1.29, 1.82) is 0 Å². The molecule has 6 aromatic rings. The van der Waals surface area contributed by atoms with Gasteiger partial charge in [-0.1, -0.05) is 116 Å². The smallest absolute Gasteiger partial charge is 0.506 e. The molecule has 0 spiro atoms. The van der Waals surface area contributed by atoms with E-state index < -0.39 is 11.6 Å². The van der Waals surface area contributed by atoms with E-state index in [-0.39, 0.29) is 62.9 Å². The van der Waals surface area contributed by atoms with E-state index in [1.54, 1.807) is 47.4 Å². The zero-order valence-electron chi connectivity index (χ0n) is 35.3. The molecule has 0 saturated heterocycles. The van der Waals surface area contributed by atoms with E-state index in [1.165, 1.54) is 34.4 Å². The zero-order chi connectivity index (χ0) is 41.9. The molecule has 0 bridgehead atoms. The Hall–Kier alpha value is -5.33. The van der Waals surface area contributed by atoms with E-state index >= 15 is 8.78 Å². The van der Waals surface area contributed by atoms with Crippen molar-refractivity contribution < 1.29 is 40.1 Å². The first-order valence-corrected chi connectivity index (χ1v) is 20.6. The fraction of sp³-hybridized carbons (Fsp3) is 0.255. The summed E-state index contributed by atoms with van der Waals surface area (Å²) in [6, 6.07) is 33.7. The molecule has 0 unspecified atom stereocenters. The van der Waals surface area contributed by atoms with Crippen molar-refractivity contribution >= 4 is 34.1 Å². The molecular weight excluding hydrogens is 934 g/mol. The topological polar surface area (TPSA) is 53.4 Å². The number of aromatic hydroxyl groups is 2. The Kier molecular flexibility index (Phi) is 12.1. The van der Waals surface area contributed by atoms with Crippen LogP contribution in [0.1, 0.15) is 101 Å². The standard InChI is InChI=1S/C51H52F2N4O2.Pt/c1-30(2)36-13-9-14-37(31(3)4)48(36)34-21-23-46(58)44(25-34)56-28-54(42-19-11-17-40(52)50(42)56)27-55-29-57(51-41(53)18-12-20-43(51)55)45-26-35(22-24-47(45)59)49-38(32(5)6)15-10-16-39(49)33(7)8;/h9-26,28-33,58-59H,27H2,1-8H3;/q-2;+2. The van der Waals surface area contributed by atoms with Gasteiger partial charge in [0.1, 0.15) is 23.1 Å². The summed E-state index contributed by atoms with van der Waals surface area (Å²) in [5.41, 5.74) is 11.5. The molecule has 6 nitrogen and oxygen atoms in total. The second kappa shape index (κ2) is 17.0. The van der Waals surface area contributed by atoms with E-state index in [0.717, 1.165) is 22.3 Å². The maximum absolute atomic E-state index is 16.1. The Morgan fingerprint density at radius 1 is 0.467 bits per heavy atom. The first-order chi connectivity index (χ1) is 28.2. The van der Waals surface area contributed by atoms with E-state index in [2.05, 4.69) is 91.8 Å². The molecular formula is C51H52F2N4O2Pt. The molecule has 0 radical (unpaired) electrons. The maximum Gasteiger partial charge on any atom is 2.00 e. The van der Waals surface area contributed by atoms with Crippen LogP contribution in [0, 0.1) is 25.0 Å². The van der Waals surface area contributed by atoms with Gasteiger partial charge in [0.25, 0.3) is 0 Å². The maximum atomic E-state index is 16.1. The van der Waals surface area contributed by atoms with Crippen molar-refractivity contribution in [3.05, 3.63) is 156 Å². The fourth-order valence-electron chi connectivity index (χ4n) is 8.73. The van der Waals surface area contributed by atoms with Crippen LogP contribution in [0.3, 0.4) is 0 Å². The van der Waals surface area contributed by atoms with Gasteiger partial charge in [-0.25, -0.2) is 8.78 Å². The number of phenolic OH excluding ortho intramolecular Hbond substituents is 2. The van der Waals surface area contributed by atoms with Gasteiger partial charge in [-0.2, -0.15) is 0 Å². The molecule has 2 aliphatic heterocycles. The monoisotopic (exact) mass is 985 g/mol. The quantitative estimate of drug-likeness (QED) is 0.133.